The number of hydrogen-bond acceptors (Lipinski definition) is 3. The normalized spacial score (nSPS) is 11.2. The first kappa shape index (κ1) is 24.0. The van der Waals surface area contributed by atoms with Gasteiger partial charge in [0, 0.05) is 29.9 Å². The van der Waals surface area contributed by atoms with Gasteiger partial charge >= 0.3 is 0 Å². The molecule has 0 spiro atoms. The van der Waals surface area contributed by atoms with Gasteiger partial charge in [0.2, 0.25) is 0 Å². The maximum Gasteiger partial charge on any atom is 0.253 e. The van der Waals surface area contributed by atoms with E-state index in [1.165, 1.54) is 16.7 Å². The van der Waals surface area contributed by atoms with E-state index in [9.17, 15) is 4.79 Å². The summed E-state index contributed by atoms with van der Waals surface area (Å²) < 4.78 is 0. The molecule has 1 aromatic heterocycles. The number of H-pyrrole nitrogens is 1. The molecular formula is C26H34N4OS. The molecule has 0 aliphatic heterocycles. The third-order valence-corrected chi connectivity index (χ3v) is 6.39. The van der Waals surface area contributed by atoms with Crippen molar-refractivity contribution in [3.05, 3.63) is 75.1 Å². The molecule has 0 atom stereocenters. The number of pyridine rings is 1. The minimum absolute atomic E-state index is 0.0630. The molecule has 0 radical (unpaired) electrons. The first-order valence-electron chi connectivity index (χ1n) is 11.3. The summed E-state index contributed by atoms with van der Waals surface area (Å²) in [5, 5.41) is 5.04. The highest BCUT2D eigenvalue weighted by Crippen LogP contribution is 2.18. The molecule has 6 heteroatoms. The Bertz CT molecular complexity index is 1150. The first-order valence-corrected chi connectivity index (χ1v) is 11.7. The van der Waals surface area contributed by atoms with Crippen LogP contribution in [0.1, 0.15) is 36.1 Å². The molecule has 0 fully saturated rings. The highest BCUT2D eigenvalue weighted by Gasteiger charge is 2.15. The standard InChI is InChI=1S/C26H34N4OS/c1-6-29(7-2)11-12-30(26(32)27-23-10-8-9-18(3)13-23)17-22-16-21-14-19(4)20(5)15-24(21)28-25(22)31/h8-10,13-16H,6-7,11-12,17H2,1-5H3,(H,27,32)(H,28,31). The Morgan fingerprint density at radius 1 is 1.00 bits per heavy atom. The Labute approximate surface area is 196 Å². The van der Waals surface area contributed by atoms with Crippen molar-refractivity contribution in [3.63, 3.8) is 0 Å². The Morgan fingerprint density at radius 2 is 1.72 bits per heavy atom. The second kappa shape index (κ2) is 10.7. The second-order valence-corrected chi connectivity index (χ2v) is 8.78. The molecule has 0 bridgehead atoms. The van der Waals surface area contributed by atoms with Gasteiger partial charge in [-0.15, -0.1) is 0 Å². The van der Waals surface area contributed by atoms with Gasteiger partial charge < -0.3 is 20.1 Å². The van der Waals surface area contributed by atoms with Gasteiger partial charge in [-0.1, -0.05) is 26.0 Å². The Balaban J connectivity index is 1.88. The first-order chi connectivity index (χ1) is 15.3. The summed E-state index contributed by atoms with van der Waals surface area (Å²) >= 11 is 5.79. The lowest BCUT2D eigenvalue weighted by molar-refractivity contribution is 0.266. The van der Waals surface area contributed by atoms with Crippen LogP contribution in [0, 0.1) is 20.8 Å². The van der Waals surface area contributed by atoms with Gasteiger partial charge in [0.15, 0.2) is 5.11 Å². The number of fused-ring (bicyclic) bond motifs is 1. The summed E-state index contributed by atoms with van der Waals surface area (Å²) in [7, 11) is 0. The second-order valence-electron chi connectivity index (χ2n) is 8.40. The lowest BCUT2D eigenvalue weighted by Crippen LogP contribution is -2.41. The Kier molecular flexibility index (Phi) is 8.04. The van der Waals surface area contributed by atoms with Gasteiger partial charge in [-0.2, -0.15) is 0 Å². The van der Waals surface area contributed by atoms with Gasteiger partial charge in [-0.05, 0) is 98.5 Å². The van der Waals surface area contributed by atoms with Crippen LogP contribution in [-0.2, 0) is 6.54 Å². The summed E-state index contributed by atoms with van der Waals surface area (Å²) in [5.74, 6) is 0. The van der Waals surface area contributed by atoms with Crippen molar-refractivity contribution in [2.45, 2.75) is 41.2 Å². The number of benzene rings is 2. The number of rotatable bonds is 8. The lowest BCUT2D eigenvalue weighted by atomic mass is 10.0. The summed E-state index contributed by atoms with van der Waals surface area (Å²) in [5.41, 5.74) is 6.04. The molecule has 3 aromatic rings. The SMILES string of the molecule is CCN(CC)CCN(Cc1cc2cc(C)c(C)cc2[nH]c1=O)C(=S)Nc1cccc(C)c1. The van der Waals surface area contributed by atoms with Gasteiger partial charge in [0.05, 0.1) is 6.54 Å². The van der Waals surface area contributed by atoms with Gasteiger partial charge in [0.1, 0.15) is 0 Å². The number of aromatic amines is 1. The average Bonchev–Trinajstić information content (AvgIpc) is 2.75. The van der Waals surface area contributed by atoms with Gasteiger partial charge in [0.25, 0.3) is 5.56 Å². The number of nitrogens with one attached hydrogen (secondary N) is 2. The van der Waals surface area contributed by atoms with E-state index < -0.39 is 0 Å². The van der Waals surface area contributed by atoms with Crippen LogP contribution in [0.25, 0.3) is 10.9 Å². The molecule has 0 amide bonds. The molecule has 2 aromatic carbocycles. The van der Waals surface area contributed by atoms with Crippen molar-refractivity contribution in [2.24, 2.45) is 0 Å². The third kappa shape index (κ3) is 5.96. The van der Waals surface area contributed by atoms with E-state index in [0.29, 0.717) is 17.2 Å². The molecule has 3 rings (SSSR count). The van der Waals surface area contributed by atoms with E-state index in [2.05, 4.69) is 72.9 Å². The fourth-order valence-corrected chi connectivity index (χ4v) is 4.10. The zero-order valence-corrected chi connectivity index (χ0v) is 20.6. The molecule has 0 saturated heterocycles. The van der Waals surface area contributed by atoms with Crippen molar-refractivity contribution in [2.75, 3.05) is 31.5 Å². The predicted octanol–water partition coefficient (Wildman–Crippen LogP) is 4.99. The highest BCUT2D eigenvalue weighted by molar-refractivity contribution is 7.80. The van der Waals surface area contributed by atoms with Crippen molar-refractivity contribution in [1.29, 1.82) is 0 Å². The van der Waals surface area contributed by atoms with E-state index in [4.69, 9.17) is 12.2 Å². The summed E-state index contributed by atoms with van der Waals surface area (Å²) in [6.45, 7) is 14.6. The fourth-order valence-electron chi connectivity index (χ4n) is 3.82. The fraction of sp³-hybridized carbons (Fsp3) is 0.385. The third-order valence-electron chi connectivity index (χ3n) is 6.03. The van der Waals surface area contributed by atoms with Crippen molar-refractivity contribution in [3.8, 4) is 0 Å². The molecular weight excluding hydrogens is 416 g/mol. The summed E-state index contributed by atoms with van der Waals surface area (Å²) in [6, 6.07) is 14.3. The molecule has 0 saturated carbocycles. The van der Waals surface area contributed by atoms with Crippen molar-refractivity contribution < 1.29 is 0 Å². The minimum atomic E-state index is -0.0630. The van der Waals surface area contributed by atoms with Crippen LogP contribution in [0.4, 0.5) is 5.69 Å². The van der Waals surface area contributed by atoms with Crippen LogP contribution in [0.2, 0.25) is 0 Å². The summed E-state index contributed by atoms with van der Waals surface area (Å²) in [4.78, 5) is 20.4. The molecule has 0 aliphatic carbocycles. The van der Waals surface area contributed by atoms with E-state index in [0.717, 1.165) is 42.8 Å². The molecule has 32 heavy (non-hydrogen) atoms. The van der Waals surface area contributed by atoms with Crippen LogP contribution in [0.3, 0.4) is 0 Å². The maximum absolute atomic E-state index is 12.9. The number of thiocarbonyl (C=S) groups is 1. The lowest BCUT2D eigenvalue weighted by Gasteiger charge is -2.29. The van der Waals surface area contributed by atoms with Crippen molar-refractivity contribution in [1.82, 2.24) is 14.8 Å². The number of nitrogens with zero attached hydrogens (tertiary/aromatic N) is 2. The zero-order chi connectivity index (χ0) is 23.3. The number of hydrogen-bond donors (Lipinski definition) is 2. The highest BCUT2D eigenvalue weighted by atomic mass is 32.1. The monoisotopic (exact) mass is 450 g/mol. The number of anilines is 1. The number of aryl methyl sites for hydroxylation is 3. The van der Waals surface area contributed by atoms with Crippen LogP contribution < -0.4 is 10.9 Å². The molecule has 0 unspecified atom stereocenters. The van der Waals surface area contributed by atoms with Crippen LogP contribution in [0.5, 0.6) is 0 Å². The number of aromatic nitrogens is 1. The smallest absolute Gasteiger partial charge is 0.253 e. The van der Waals surface area contributed by atoms with E-state index >= 15 is 0 Å². The molecule has 1 heterocycles. The van der Waals surface area contributed by atoms with E-state index in [1.54, 1.807) is 0 Å². The molecule has 5 nitrogen and oxygen atoms in total. The van der Waals surface area contributed by atoms with Crippen LogP contribution in [0.15, 0.2) is 47.3 Å². The van der Waals surface area contributed by atoms with E-state index in [1.807, 2.05) is 24.3 Å². The molecule has 0 aliphatic rings. The minimum Gasteiger partial charge on any atom is -0.343 e. The van der Waals surface area contributed by atoms with Gasteiger partial charge in [-0.3, -0.25) is 4.79 Å². The maximum atomic E-state index is 12.9. The topological polar surface area (TPSA) is 51.4 Å². The van der Waals surface area contributed by atoms with Gasteiger partial charge in [-0.25, -0.2) is 0 Å². The van der Waals surface area contributed by atoms with Crippen molar-refractivity contribution >= 4 is 33.9 Å². The summed E-state index contributed by atoms with van der Waals surface area (Å²) in [6.07, 6.45) is 0. The largest absolute Gasteiger partial charge is 0.343 e. The Hall–Kier alpha value is -2.70. The molecule has 2 N–H and O–H groups in total. The van der Waals surface area contributed by atoms with Crippen LogP contribution in [-0.4, -0.2) is 46.1 Å². The molecule has 170 valence electrons. The van der Waals surface area contributed by atoms with Crippen LogP contribution >= 0.6 is 12.2 Å². The Morgan fingerprint density at radius 3 is 2.41 bits per heavy atom. The average molecular weight is 451 g/mol. The predicted molar refractivity (Wildman–Crippen MR) is 140 cm³/mol. The number of likely N-dealkylation sites (N-methyl/N-ethyl adjacent to an activating group) is 1. The quantitative estimate of drug-likeness (QED) is 0.473. The zero-order valence-electron chi connectivity index (χ0n) is 19.8. The van der Waals surface area contributed by atoms with E-state index in [-0.39, 0.29) is 5.56 Å².